The van der Waals surface area contributed by atoms with Gasteiger partial charge in [0.2, 0.25) is 0 Å². The number of ether oxygens (including phenoxy) is 2. The normalized spacial score (nSPS) is 23.1. The molecule has 0 aromatic carbocycles. The zero-order valence-corrected chi connectivity index (χ0v) is 14.1. The van der Waals surface area contributed by atoms with Crippen molar-refractivity contribution in [1.29, 1.82) is 0 Å². The van der Waals surface area contributed by atoms with Crippen molar-refractivity contribution in [2.75, 3.05) is 13.7 Å². The smallest absolute Gasteiger partial charge is 0.410 e. The van der Waals surface area contributed by atoms with Crippen LogP contribution in [0.4, 0.5) is 4.79 Å². The highest BCUT2D eigenvalue weighted by Crippen LogP contribution is 2.31. The van der Waals surface area contributed by atoms with Gasteiger partial charge < -0.3 is 14.4 Å². The molecule has 21 heavy (non-hydrogen) atoms. The number of methoxy groups -OCH3 is 1. The van der Waals surface area contributed by atoms with Gasteiger partial charge in [-0.05, 0) is 45.4 Å². The van der Waals surface area contributed by atoms with Gasteiger partial charge in [-0.25, -0.2) is 4.79 Å². The molecule has 5 nitrogen and oxygen atoms in total. The maximum absolute atomic E-state index is 12.3. The zero-order valence-electron chi connectivity index (χ0n) is 14.1. The van der Waals surface area contributed by atoms with Crippen LogP contribution in [0.5, 0.6) is 0 Å². The molecule has 0 bridgehead atoms. The Labute approximate surface area is 128 Å². The fourth-order valence-corrected chi connectivity index (χ4v) is 2.76. The monoisotopic (exact) mass is 299 g/mol. The van der Waals surface area contributed by atoms with E-state index in [9.17, 15) is 9.59 Å². The van der Waals surface area contributed by atoms with E-state index in [0.29, 0.717) is 18.9 Å². The SMILES string of the molecule is COC(=O)C[C@@H]1CCN(C(=O)OC(C)(C)C)C(C(C)C)C1. The molecule has 122 valence electrons. The van der Waals surface area contributed by atoms with Crippen LogP contribution in [0.15, 0.2) is 0 Å². The van der Waals surface area contributed by atoms with Crippen molar-refractivity contribution < 1.29 is 19.1 Å². The molecule has 0 aromatic rings. The molecule has 1 fully saturated rings. The van der Waals surface area contributed by atoms with Crippen molar-refractivity contribution in [2.45, 2.75) is 65.5 Å². The van der Waals surface area contributed by atoms with Gasteiger partial charge in [-0.2, -0.15) is 0 Å². The second-order valence-electron chi connectivity index (χ2n) is 7.16. The lowest BCUT2D eigenvalue weighted by Crippen LogP contribution is -2.50. The van der Waals surface area contributed by atoms with Gasteiger partial charge in [0.1, 0.15) is 5.60 Å². The van der Waals surface area contributed by atoms with Crippen LogP contribution < -0.4 is 0 Å². The fraction of sp³-hybridized carbons (Fsp3) is 0.875. The summed E-state index contributed by atoms with van der Waals surface area (Å²) >= 11 is 0. The summed E-state index contributed by atoms with van der Waals surface area (Å²) in [5.41, 5.74) is -0.485. The second kappa shape index (κ2) is 7.14. The average Bonchev–Trinajstić information content (AvgIpc) is 2.36. The summed E-state index contributed by atoms with van der Waals surface area (Å²) < 4.78 is 10.2. The lowest BCUT2D eigenvalue weighted by Gasteiger charge is -2.41. The minimum atomic E-state index is -0.485. The molecule has 1 saturated heterocycles. The molecular formula is C16H29NO4. The van der Waals surface area contributed by atoms with Gasteiger partial charge in [0, 0.05) is 19.0 Å². The Morgan fingerprint density at radius 3 is 2.38 bits per heavy atom. The number of carbonyl (C=O) groups excluding carboxylic acids is 2. The first-order valence-corrected chi connectivity index (χ1v) is 7.70. The van der Waals surface area contributed by atoms with E-state index < -0.39 is 5.60 Å². The molecule has 1 unspecified atom stereocenters. The minimum absolute atomic E-state index is 0.114. The Morgan fingerprint density at radius 2 is 1.90 bits per heavy atom. The standard InChI is InChI=1S/C16H29NO4/c1-11(2)13-9-12(10-14(18)20-6)7-8-17(13)15(19)21-16(3,4)5/h11-13H,7-10H2,1-6H3/t12-,13?/m1/s1. The van der Waals surface area contributed by atoms with Crippen LogP contribution in [0.25, 0.3) is 0 Å². The highest BCUT2D eigenvalue weighted by molar-refractivity contribution is 5.70. The highest BCUT2D eigenvalue weighted by Gasteiger charge is 2.36. The lowest BCUT2D eigenvalue weighted by atomic mass is 9.84. The molecule has 0 aromatic heterocycles. The van der Waals surface area contributed by atoms with E-state index in [-0.39, 0.29) is 24.0 Å². The summed E-state index contributed by atoms with van der Waals surface area (Å²) in [4.78, 5) is 25.6. The van der Waals surface area contributed by atoms with E-state index in [2.05, 4.69) is 13.8 Å². The van der Waals surface area contributed by atoms with E-state index >= 15 is 0 Å². The molecule has 1 amide bonds. The van der Waals surface area contributed by atoms with Crippen LogP contribution in [0.2, 0.25) is 0 Å². The van der Waals surface area contributed by atoms with Crippen LogP contribution in [0.3, 0.4) is 0 Å². The van der Waals surface area contributed by atoms with Gasteiger partial charge in [0.15, 0.2) is 0 Å². The van der Waals surface area contributed by atoms with Gasteiger partial charge in [-0.3, -0.25) is 4.79 Å². The van der Waals surface area contributed by atoms with Gasteiger partial charge in [0.05, 0.1) is 7.11 Å². The number of esters is 1. The van der Waals surface area contributed by atoms with Crippen molar-refractivity contribution in [3.8, 4) is 0 Å². The molecule has 0 N–H and O–H groups in total. The largest absolute Gasteiger partial charge is 0.469 e. The van der Waals surface area contributed by atoms with Crippen molar-refractivity contribution >= 4 is 12.1 Å². The van der Waals surface area contributed by atoms with Crippen LogP contribution >= 0.6 is 0 Å². The molecule has 2 atom stereocenters. The van der Waals surface area contributed by atoms with Gasteiger partial charge in [-0.15, -0.1) is 0 Å². The maximum Gasteiger partial charge on any atom is 0.410 e. The number of hydrogen-bond donors (Lipinski definition) is 0. The molecule has 5 heteroatoms. The zero-order chi connectivity index (χ0) is 16.2. The third-order valence-electron chi connectivity index (χ3n) is 3.83. The van der Waals surface area contributed by atoms with E-state index in [1.807, 2.05) is 25.7 Å². The number of rotatable bonds is 3. The summed E-state index contributed by atoms with van der Waals surface area (Å²) in [6, 6.07) is 0.114. The topological polar surface area (TPSA) is 55.8 Å². The summed E-state index contributed by atoms with van der Waals surface area (Å²) in [5, 5.41) is 0. The number of amides is 1. The number of nitrogens with zero attached hydrogens (tertiary/aromatic N) is 1. The van der Waals surface area contributed by atoms with E-state index in [4.69, 9.17) is 9.47 Å². The minimum Gasteiger partial charge on any atom is -0.469 e. The molecule has 1 aliphatic rings. The second-order valence-corrected chi connectivity index (χ2v) is 7.16. The van der Waals surface area contributed by atoms with Gasteiger partial charge >= 0.3 is 12.1 Å². The molecular weight excluding hydrogens is 270 g/mol. The summed E-state index contributed by atoms with van der Waals surface area (Å²) in [6.45, 7) is 10.5. The van der Waals surface area contributed by atoms with Crippen LogP contribution in [0.1, 0.15) is 53.9 Å². The molecule has 0 spiro atoms. The Balaban J connectivity index is 2.71. The summed E-state index contributed by atoms with van der Waals surface area (Å²) in [5.74, 6) is 0.440. The Morgan fingerprint density at radius 1 is 1.29 bits per heavy atom. The molecule has 0 saturated carbocycles. The molecule has 1 rings (SSSR count). The van der Waals surface area contributed by atoms with Crippen LogP contribution in [-0.2, 0) is 14.3 Å². The number of likely N-dealkylation sites (tertiary alicyclic amines) is 1. The highest BCUT2D eigenvalue weighted by atomic mass is 16.6. The molecule has 0 radical (unpaired) electrons. The van der Waals surface area contributed by atoms with Gasteiger partial charge in [-0.1, -0.05) is 13.8 Å². The third kappa shape index (κ3) is 5.56. The predicted molar refractivity (Wildman–Crippen MR) is 80.9 cm³/mol. The van der Waals surface area contributed by atoms with Crippen molar-refractivity contribution in [3.05, 3.63) is 0 Å². The quantitative estimate of drug-likeness (QED) is 0.751. The summed E-state index contributed by atoms with van der Waals surface area (Å²) in [7, 11) is 1.41. The molecule has 0 aliphatic carbocycles. The lowest BCUT2D eigenvalue weighted by molar-refractivity contribution is -0.142. The van der Waals surface area contributed by atoms with Crippen LogP contribution in [-0.4, -0.2) is 42.3 Å². The molecule has 1 heterocycles. The first-order valence-electron chi connectivity index (χ1n) is 7.70. The van der Waals surface area contributed by atoms with E-state index in [1.54, 1.807) is 0 Å². The average molecular weight is 299 g/mol. The Kier molecular flexibility index (Phi) is 6.05. The molecule has 1 aliphatic heterocycles. The first kappa shape index (κ1) is 17.8. The van der Waals surface area contributed by atoms with Crippen LogP contribution in [0, 0.1) is 11.8 Å². The maximum atomic E-state index is 12.3. The number of carbonyl (C=O) groups is 2. The predicted octanol–water partition coefficient (Wildman–Crippen LogP) is 3.22. The van der Waals surface area contributed by atoms with Crippen molar-refractivity contribution in [2.24, 2.45) is 11.8 Å². The number of piperidine rings is 1. The number of hydrogen-bond acceptors (Lipinski definition) is 4. The fourth-order valence-electron chi connectivity index (χ4n) is 2.76. The van der Waals surface area contributed by atoms with Crippen molar-refractivity contribution in [1.82, 2.24) is 4.90 Å². The van der Waals surface area contributed by atoms with Crippen molar-refractivity contribution in [3.63, 3.8) is 0 Å². The van der Waals surface area contributed by atoms with E-state index in [1.165, 1.54) is 7.11 Å². The summed E-state index contributed by atoms with van der Waals surface area (Å²) in [6.07, 6.45) is 1.82. The van der Waals surface area contributed by atoms with E-state index in [0.717, 1.165) is 12.8 Å². The van der Waals surface area contributed by atoms with Gasteiger partial charge in [0.25, 0.3) is 0 Å². The Hall–Kier alpha value is -1.26. The third-order valence-corrected chi connectivity index (χ3v) is 3.83. The Bertz CT molecular complexity index is 373. The first-order chi connectivity index (χ1) is 9.64.